The Balaban J connectivity index is 1.88. The molecular weight excluding hydrogens is 273 g/mol. The molecule has 0 aromatic heterocycles. The van der Waals surface area contributed by atoms with E-state index in [-0.39, 0.29) is 0 Å². The van der Waals surface area contributed by atoms with Crippen molar-refractivity contribution in [2.75, 3.05) is 4.90 Å². The molecular formula is C18H14BNO2. The van der Waals surface area contributed by atoms with Crippen LogP contribution in [0.2, 0.25) is 0 Å². The minimum absolute atomic E-state index is 0.488. The third-order valence-corrected chi connectivity index (χ3v) is 4.03. The van der Waals surface area contributed by atoms with Crippen molar-refractivity contribution in [1.82, 2.24) is 0 Å². The van der Waals surface area contributed by atoms with E-state index in [9.17, 15) is 10.0 Å². The van der Waals surface area contributed by atoms with Gasteiger partial charge < -0.3 is 14.9 Å². The van der Waals surface area contributed by atoms with E-state index in [1.54, 1.807) is 12.1 Å². The van der Waals surface area contributed by atoms with Gasteiger partial charge in [-0.1, -0.05) is 42.5 Å². The van der Waals surface area contributed by atoms with Crippen LogP contribution in [-0.4, -0.2) is 17.2 Å². The number of para-hydroxylation sites is 1. The zero-order chi connectivity index (χ0) is 15.1. The Labute approximate surface area is 129 Å². The first-order valence-corrected chi connectivity index (χ1v) is 7.20. The van der Waals surface area contributed by atoms with Crippen LogP contribution in [0, 0.1) is 0 Å². The van der Waals surface area contributed by atoms with Crippen molar-refractivity contribution in [2.24, 2.45) is 0 Å². The van der Waals surface area contributed by atoms with Gasteiger partial charge in [0.15, 0.2) is 0 Å². The summed E-state index contributed by atoms with van der Waals surface area (Å²) in [5.74, 6) is 0. The lowest BCUT2D eigenvalue weighted by atomic mass is 9.80. The molecule has 0 unspecified atom stereocenters. The van der Waals surface area contributed by atoms with Crippen LogP contribution in [0.5, 0.6) is 0 Å². The van der Waals surface area contributed by atoms with Gasteiger partial charge in [-0.05, 0) is 41.4 Å². The van der Waals surface area contributed by atoms with E-state index >= 15 is 0 Å². The molecule has 0 spiro atoms. The first-order valence-electron chi connectivity index (χ1n) is 7.20. The molecule has 2 heterocycles. The average Bonchev–Trinajstić information content (AvgIpc) is 2.81. The molecule has 3 nitrogen and oxygen atoms in total. The summed E-state index contributed by atoms with van der Waals surface area (Å²) in [7, 11) is -1.44. The number of hydrogen-bond acceptors (Lipinski definition) is 3. The molecule has 106 valence electrons. The minimum Gasteiger partial charge on any atom is -0.423 e. The summed E-state index contributed by atoms with van der Waals surface area (Å²) in [6, 6.07) is 24.0. The fourth-order valence-corrected chi connectivity index (χ4v) is 2.93. The molecule has 0 aliphatic carbocycles. The molecule has 2 N–H and O–H groups in total. The number of benzene rings is 3. The van der Waals surface area contributed by atoms with Gasteiger partial charge >= 0.3 is 7.12 Å². The Morgan fingerprint density at radius 2 is 1.27 bits per heavy atom. The fraction of sp³-hybridized carbons (Fsp3) is 0. The molecule has 0 saturated heterocycles. The normalized spacial score (nSPS) is 12.0. The summed E-state index contributed by atoms with van der Waals surface area (Å²) in [6.45, 7) is 0. The van der Waals surface area contributed by atoms with Crippen molar-refractivity contribution in [3.8, 4) is 11.1 Å². The van der Waals surface area contributed by atoms with Gasteiger partial charge in [-0.25, -0.2) is 0 Å². The van der Waals surface area contributed by atoms with Gasteiger partial charge in [-0.15, -0.1) is 0 Å². The van der Waals surface area contributed by atoms with Gasteiger partial charge in [0, 0.05) is 16.9 Å². The van der Waals surface area contributed by atoms with E-state index in [1.165, 1.54) is 11.1 Å². The number of rotatable bonds is 2. The predicted molar refractivity (Wildman–Crippen MR) is 89.9 cm³/mol. The van der Waals surface area contributed by atoms with Crippen LogP contribution in [0.4, 0.5) is 17.1 Å². The number of nitrogens with zero attached hydrogens (tertiary/aromatic N) is 1. The molecule has 5 rings (SSSR count). The molecule has 2 aliphatic heterocycles. The van der Waals surface area contributed by atoms with Gasteiger partial charge in [0.2, 0.25) is 0 Å². The van der Waals surface area contributed by atoms with Crippen LogP contribution in [-0.2, 0) is 0 Å². The molecule has 4 heteroatoms. The highest BCUT2D eigenvalue weighted by Crippen LogP contribution is 2.43. The topological polar surface area (TPSA) is 43.7 Å². The van der Waals surface area contributed by atoms with Crippen LogP contribution in [0.3, 0.4) is 0 Å². The van der Waals surface area contributed by atoms with Gasteiger partial charge in [-0.3, -0.25) is 0 Å². The van der Waals surface area contributed by atoms with Crippen molar-refractivity contribution in [2.45, 2.75) is 0 Å². The minimum atomic E-state index is -1.44. The fourth-order valence-electron chi connectivity index (χ4n) is 2.93. The maximum Gasteiger partial charge on any atom is 0.488 e. The number of anilines is 3. The van der Waals surface area contributed by atoms with E-state index in [2.05, 4.69) is 41.3 Å². The van der Waals surface area contributed by atoms with Crippen molar-refractivity contribution < 1.29 is 10.0 Å². The highest BCUT2D eigenvalue weighted by molar-refractivity contribution is 6.58. The van der Waals surface area contributed by atoms with E-state index < -0.39 is 7.12 Å². The first kappa shape index (κ1) is 13.1. The zero-order valence-electron chi connectivity index (χ0n) is 11.8. The summed E-state index contributed by atoms with van der Waals surface area (Å²) in [5, 5.41) is 18.5. The Hall–Kier alpha value is -2.56. The van der Waals surface area contributed by atoms with Crippen LogP contribution in [0.1, 0.15) is 0 Å². The maximum atomic E-state index is 9.24. The average molecular weight is 287 g/mol. The summed E-state index contributed by atoms with van der Waals surface area (Å²) in [5.41, 5.74) is 6.08. The summed E-state index contributed by atoms with van der Waals surface area (Å²) >= 11 is 0. The molecule has 0 fully saturated rings. The molecule has 0 radical (unpaired) electrons. The quantitative estimate of drug-likeness (QED) is 0.557. The third kappa shape index (κ3) is 2.01. The van der Waals surface area contributed by atoms with Gasteiger partial charge in [0.05, 0.1) is 5.69 Å². The SMILES string of the molecule is OB(O)c1ccc(N2c3ccc(cc3)-c3ccccc32)cc1. The predicted octanol–water partition coefficient (Wildman–Crippen LogP) is 2.82. The summed E-state index contributed by atoms with van der Waals surface area (Å²) < 4.78 is 0. The van der Waals surface area contributed by atoms with Gasteiger partial charge in [0.1, 0.15) is 0 Å². The van der Waals surface area contributed by atoms with Crippen LogP contribution >= 0.6 is 0 Å². The Bertz CT molecular complexity index is 813. The molecule has 0 amide bonds. The third-order valence-electron chi connectivity index (χ3n) is 4.03. The second-order valence-electron chi connectivity index (χ2n) is 5.36. The second-order valence-corrected chi connectivity index (χ2v) is 5.36. The van der Waals surface area contributed by atoms with Crippen LogP contribution in [0.25, 0.3) is 11.1 Å². The largest absolute Gasteiger partial charge is 0.488 e. The molecule has 0 atom stereocenters. The Kier molecular flexibility index (Phi) is 3.00. The van der Waals surface area contributed by atoms with Crippen LogP contribution in [0.15, 0.2) is 72.8 Å². The lowest BCUT2D eigenvalue weighted by molar-refractivity contribution is 0.426. The Morgan fingerprint density at radius 1 is 0.682 bits per heavy atom. The van der Waals surface area contributed by atoms with Crippen molar-refractivity contribution in [3.05, 3.63) is 72.8 Å². The molecule has 0 saturated carbocycles. The maximum absolute atomic E-state index is 9.24. The smallest absolute Gasteiger partial charge is 0.423 e. The molecule has 22 heavy (non-hydrogen) atoms. The molecule has 3 aromatic rings. The summed E-state index contributed by atoms with van der Waals surface area (Å²) in [6.07, 6.45) is 0. The van der Waals surface area contributed by atoms with E-state index in [4.69, 9.17) is 0 Å². The van der Waals surface area contributed by atoms with E-state index in [1.807, 2.05) is 24.3 Å². The van der Waals surface area contributed by atoms with E-state index in [0.29, 0.717) is 5.46 Å². The van der Waals surface area contributed by atoms with Gasteiger partial charge in [-0.2, -0.15) is 0 Å². The first-order chi connectivity index (χ1) is 10.7. The van der Waals surface area contributed by atoms with E-state index in [0.717, 1.165) is 17.1 Å². The van der Waals surface area contributed by atoms with Crippen LogP contribution < -0.4 is 10.4 Å². The number of fused-ring (bicyclic) bond motifs is 2. The molecule has 2 aliphatic rings. The van der Waals surface area contributed by atoms with Crippen molar-refractivity contribution in [1.29, 1.82) is 0 Å². The molecule has 2 bridgehead atoms. The van der Waals surface area contributed by atoms with Gasteiger partial charge in [0.25, 0.3) is 0 Å². The highest BCUT2D eigenvalue weighted by atomic mass is 16.4. The van der Waals surface area contributed by atoms with Crippen molar-refractivity contribution in [3.63, 3.8) is 0 Å². The lowest BCUT2D eigenvalue weighted by Gasteiger charge is -2.25. The molecule has 3 aromatic carbocycles. The Morgan fingerprint density at radius 3 is 1.91 bits per heavy atom. The monoisotopic (exact) mass is 287 g/mol. The second kappa shape index (κ2) is 5.02. The highest BCUT2D eigenvalue weighted by Gasteiger charge is 2.20. The summed E-state index contributed by atoms with van der Waals surface area (Å²) in [4.78, 5) is 2.18. The zero-order valence-corrected chi connectivity index (χ0v) is 11.8. The number of hydrogen-bond donors (Lipinski definition) is 2. The standard InChI is InChI=1S/C18H14BNO2/c21-19(22)14-7-11-16(12-8-14)20-15-9-5-13(6-10-15)17-3-1-2-4-18(17)20/h1-12,21-22H. The lowest BCUT2D eigenvalue weighted by Crippen LogP contribution is -2.29. The van der Waals surface area contributed by atoms with Crippen molar-refractivity contribution >= 4 is 29.6 Å².